The summed E-state index contributed by atoms with van der Waals surface area (Å²) in [5.74, 6) is -1.67. The van der Waals surface area contributed by atoms with Crippen LogP contribution in [0.5, 0.6) is 0 Å². The van der Waals surface area contributed by atoms with Crippen molar-refractivity contribution in [1.82, 2.24) is 9.78 Å². The van der Waals surface area contributed by atoms with Gasteiger partial charge in [-0.15, -0.1) is 0 Å². The summed E-state index contributed by atoms with van der Waals surface area (Å²) in [5.41, 5.74) is 8.11. The maximum atomic E-state index is 13.6. The van der Waals surface area contributed by atoms with Gasteiger partial charge in [-0.25, -0.2) is 8.78 Å². The molecule has 5 heteroatoms. The molecule has 0 amide bonds. The van der Waals surface area contributed by atoms with Gasteiger partial charge in [0.2, 0.25) is 0 Å². The second kappa shape index (κ2) is 5.48. The van der Waals surface area contributed by atoms with Crippen LogP contribution in [-0.4, -0.2) is 9.78 Å². The molecule has 0 radical (unpaired) electrons. The fraction of sp³-hybridized carbons (Fsp3) is 0.357. The molecular weight excluding hydrogens is 248 g/mol. The van der Waals surface area contributed by atoms with Gasteiger partial charge in [-0.05, 0) is 30.5 Å². The van der Waals surface area contributed by atoms with Crippen LogP contribution in [0.2, 0.25) is 0 Å². The molecule has 0 bridgehead atoms. The third-order valence-electron chi connectivity index (χ3n) is 3.18. The Hall–Kier alpha value is -1.75. The second-order valence-electron chi connectivity index (χ2n) is 4.56. The topological polar surface area (TPSA) is 43.8 Å². The highest BCUT2D eigenvalue weighted by Gasteiger charge is 2.16. The van der Waals surface area contributed by atoms with E-state index in [9.17, 15) is 8.78 Å². The number of rotatable bonds is 4. The molecule has 0 fully saturated rings. The number of nitrogens with zero attached hydrogens (tertiary/aromatic N) is 2. The zero-order chi connectivity index (χ0) is 14.0. The van der Waals surface area contributed by atoms with Crippen LogP contribution in [0.4, 0.5) is 8.78 Å². The Kier molecular flexibility index (Phi) is 3.95. The van der Waals surface area contributed by atoms with E-state index in [0.29, 0.717) is 0 Å². The Bertz CT molecular complexity index is 578. The van der Waals surface area contributed by atoms with Crippen LogP contribution in [0.25, 0.3) is 0 Å². The maximum Gasteiger partial charge on any atom is 0.162 e. The van der Waals surface area contributed by atoms with Crippen molar-refractivity contribution in [2.24, 2.45) is 12.8 Å². The third-order valence-corrected chi connectivity index (χ3v) is 3.18. The Morgan fingerprint density at radius 1 is 1.37 bits per heavy atom. The van der Waals surface area contributed by atoms with Crippen molar-refractivity contribution in [1.29, 1.82) is 0 Å². The van der Waals surface area contributed by atoms with Gasteiger partial charge in [0, 0.05) is 7.05 Å². The highest BCUT2D eigenvalue weighted by atomic mass is 19.2. The van der Waals surface area contributed by atoms with Gasteiger partial charge in [0.05, 0.1) is 17.4 Å². The smallest absolute Gasteiger partial charge is 0.162 e. The monoisotopic (exact) mass is 265 g/mol. The van der Waals surface area contributed by atoms with Crippen molar-refractivity contribution in [2.45, 2.75) is 25.8 Å². The van der Waals surface area contributed by atoms with E-state index in [1.165, 1.54) is 6.07 Å². The van der Waals surface area contributed by atoms with Crippen LogP contribution in [0.15, 0.2) is 24.3 Å². The van der Waals surface area contributed by atoms with Gasteiger partial charge < -0.3 is 5.73 Å². The van der Waals surface area contributed by atoms with Gasteiger partial charge in [0.1, 0.15) is 0 Å². The number of halogens is 2. The summed E-state index contributed by atoms with van der Waals surface area (Å²) in [5, 5.41) is 4.30. The first kappa shape index (κ1) is 13.7. The zero-order valence-electron chi connectivity index (χ0n) is 11.0. The van der Waals surface area contributed by atoms with Gasteiger partial charge in [-0.3, -0.25) is 4.68 Å². The summed E-state index contributed by atoms with van der Waals surface area (Å²) in [6.07, 6.45) is 1.06. The lowest BCUT2D eigenvalue weighted by Gasteiger charge is -2.12. The lowest BCUT2D eigenvalue weighted by molar-refractivity contribution is 0.491. The van der Waals surface area contributed by atoms with Gasteiger partial charge in [0.25, 0.3) is 0 Å². The predicted molar refractivity (Wildman–Crippen MR) is 69.6 cm³/mol. The van der Waals surface area contributed by atoms with Crippen LogP contribution >= 0.6 is 0 Å². The summed E-state index contributed by atoms with van der Waals surface area (Å²) in [6.45, 7) is 2.00. The van der Waals surface area contributed by atoms with Crippen molar-refractivity contribution < 1.29 is 8.78 Å². The molecule has 1 unspecified atom stereocenters. The van der Waals surface area contributed by atoms with E-state index < -0.39 is 17.7 Å². The van der Waals surface area contributed by atoms with Gasteiger partial charge in [-0.1, -0.05) is 19.1 Å². The molecule has 1 heterocycles. The largest absolute Gasteiger partial charge is 0.322 e. The molecule has 0 spiro atoms. The highest BCUT2D eigenvalue weighted by Crippen LogP contribution is 2.20. The maximum absolute atomic E-state index is 13.6. The first-order valence-corrected chi connectivity index (χ1v) is 6.24. The molecule has 0 aliphatic heterocycles. The molecule has 0 aliphatic rings. The fourth-order valence-corrected chi connectivity index (χ4v) is 2.11. The lowest BCUT2D eigenvalue weighted by Crippen LogP contribution is -2.18. The van der Waals surface area contributed by atoms with Crippen molar-refractivity contribution in [3.63, 3.8) is 0 Å². The predicted octanol–water partition coefficient (Wildman–Crippen LogP) is 2.50. The number of benzene rings is 1. The van der Waals surface area contributed by atoms with Crippen LogP contribution in [0, 0.1) is 11.6 Å². The van der Waals surface area contributed by atoms with E-state index in [4.69, 9.17) is 5.73 Å². The average Bonchev–Trinajstić information content (AvgIpc) is 2.76. The lowest BCUT2D eigenvalue weighted by atomic mass is 10.0. The summed E-state index contributed by atoms with van der Waals surface area (Å²) in [4.78, 5) is 0. The van der Waals surface area contributed by atoms with E-state index in [-0.39, 0.29) is 12.0 Å². The molecule has 1 atom stereocenters. The number of hydrogen-bond donors (Lipinski definition) is 1. The normalized spacial score (nSPS) is 12.7. The molecule has 0 saturated heterocycles. The Morgan fingerprint density at radius 2 is 2.11 bits per heavy atom. The Balaban J connectivity index is 2.22. The number of hydrogen-bond acceptors (Lipinski definition) is 2. The first-order chi connectivity index (χ1) is 9.02. The molecule has 102 valence electrons. The molecule has 2 rings (SSSR count). The van der Waals surface area contributed by atoms with Gasteiger partial charge in [0.15, 0.2) is 11.6 Å². The standard InChI is InChI=1S/C14H17F2N3/c1-3-10-8-13(19(2)18-10)12(17)7-9-5-4-6-11(15)14(9)16/h4-6,8,12H,3,7,17H2,1-2H3. The minimum atomic E-state index is -0.844. The summed E-state index contributed by atoms with van der Waals surface area (Å²) >= 11 is 0. The van der Waals surface area contributed by atoms with E-state index >= 15 is 0 Å². The van der Waals surface area contributed by atoms with Crippen molar-refractivity contribution in [2.75, 3.05) is 0 Å². The molecular formula is C14H17F2N3. The molecule has 0 saturated carbocycles. The first-order valence-electron chi connectivity index (χ1n) is 6.24. The van der Waals surface area contributed by atoms with Crippen molar-refractivity contribution in [3.8, 4) is 0 Å². The van der Waals surface area contributed by atoms with Crippen molar-refractivity contribution >= 4 is 0 Å². The average molecular weight is 265 g/mol. The minimum Gasteiger partial charge on any atom is -0.322 e. The van der Waals surface area contributed by atoms with Gasteiger partial charge in [-0.2, -0.15) is 5.10 Å². The number of aromatic nitrogens is 2. The minimum absolute atomic E-state index is 0.242. The quantitative estimate of drug-likeness (QED) is 0.923. The molecule has 1 aromatic carbocycles. The van der Waals surface area contributed by atoms with Gasteiger partial charge >= 0.3 is 0 Å². The number of nitrogens with two attached hydrogens (primary N) is 1. The van der Waals surface area contributed by atoms with E-state index in [0.717, 1.165) is 23.9 Å². The summed E-state index contributed by atoms with van der Waals surface area (Å²) < 4.78 is 28.4. The molecule has 19 heavy (non-hydrogen) atoms. The van der Waals surface area contributed by atoms with Crippen LogP contribution in [0.1, 0.15) is 29.9 Å². The van der Waals surface area contributed by atoms with Crippen LogP contribution in [-0.2, 0) is 19.9 Å². The van der Waals surface area contributed by atoms with E-state index in [1.807, 2.05) is 13.0 Å². The molecule has 2 aromatic rings. The summed E-state index contributed by atoms with van der Waals surface area (Å²) in [6, 6.07) is 5.64. The molecule has 1 aromatic heterocycles. The molecule has 2 N–H and O–H groups in total. The highest BCUT2D eigenvalue weighted by molar-refractivity contribution is 5.23. The third kappa shape index (κ3) is 2.81. The van der Waals surface area contributed by atoms with Crippen LogP contribution in [0.3, 0.4) is 0 Å². The molecule has 0 aliphatic carbocycles. The Labute approximate surface area is 111 Å². The second-order valence-corrected chi connectivity index (χ2v) is 4.56. The van der Waals surface area contributed by atoms with Crippen LogP contribution < -0.4 is 5.73 Å². The van der Waals surface area contributed by atoms with Crippen molar-refractivity contribution in [3.05, 3.63) is 52.9 Å². The number of aryl methyl sites for hydroxylation is 2. The summed E-state index contributed by atoms with van der Waals surface area (Å²) in [7, 11) is 1.80. The molecule has 3 nitrogen and oxygen atoms in total. The SMILES string of the molecule is CCc1cc(C(N)Cc2cccc(F)c2F)n(C)n1. The van der Waals surface area contributed by atoms with E-state index in [1.54, 1.807) is 17.8 Å². The Morgan fingerprint density at radius 3 is 2.74 bits per heavy atom. The van der Waals surface area contributed by atoms with E-state index in [2.05, 4.69) is 5.10 Å². The fourth-order valence-electron chi connectivity index (χ4n) is 2.11. The zero-order valence-corrected chi connectivity index (χ0v) is 11.0.